The molecule has 11 rings (SSSR count). The van der Waals surface area contributed by atoms with Crippen LogP contribution in [0, 0.1) is 0 Å². The van der Waals surface area contributed by atoms with Gasteiger partial charge in [0.15, 0.2) is 0 Å². The Labute approximate surface area is 377 Å². The minimum Gasteiger partial charge on any atom is -0.309 e. The van der Waals surface area contributed by atoms with Crippen LogP contribution in [0.5, 0.6) is 0 Å². The van der Waals surface area contributed by atoms with Gasteiger partial charge in [0.05, 0.1) is 22.5 Å². The van der Waals surface area contributed by atoms with Crippen LogP contribution < -0.4 is 4.90 Å². The molecule has 0 fully saturated rings. The maximum Gasteiger partial charge on any atom is 0.0714 e. The molecular formula is C63H49N. The van der Waals surface area contributed by atoms with Gasteiger partial charge < -0.3 is 4.90 Å². The molecule has 0 amide bonds. The van der Waals surface area contributed by atoms with Crippen molar-refractivity contribution in [3.63, 3.8) is 0 Å². The van der Waals surface area contributed by atoms with Crippen molar-refractivity contribution in [3.8, 4) is 44.5 Å². The molecule has 306 valence electrons. The van der Waals surface area contributed by atoms with Gasteiger partial charge in [0.25, 0.3) is 0 Å². The second-order valence-corrected chi connectivity index (χ2v) is 18.0. The molecule has 1 nitrogen and oxygen atoms in total. The molecule has 0 spiro atoms. The summed E-state index contributed by atoms with van der Waals surface area (Å²) in [5, 5.41) is 2.45. The molecule has 10 aromatic carbocycles. The third-order valence-corrected chi connectivity index (χ3v) is 13.3. The first-order valence-corrected chi connectivity index (χ1v) is 22.4. The number of para-hydroxylation sites is 1. The molecule has 0 saturated carbocycles. The zero-order chi connectivity index (χ0) is 43.3. The molecule has 10 aromatic rings. The highest BCUT2D eigenvalue weighted by atomic mass is 15.2. The van der Waals surface area contributed by atoms with E-state index in [-0.39, 0.29) is 5.41 Å². The minimum absolute atomic E-state index is 0.101. The van der Waals surface area contributed by atoms with Crippen LogP contribution in [0.1, 0.15) is 48.6 Å². The van der Waals surface area contributed by atoms with E-state index in [1.54, 1.807) is 0 Å². The normalized spacial score (nSPS) is 12.7. The summed E-state index contributed by atoms with van der Waals surface area (Å²) in [5.74, 6) is 0. The maximum atomic E-state index is 2.60. The van der Waals surface area contributed by atoms with Crippen molar-refractivity contribution in [2.45, 2.75) is 31.6 Å². The molecule has 0 saturated heterocycles. The van der Waals surface area contributed by atoms with E-state index in [0.29, 0.717) is 0 Å². The lowest BCUT2D eigenvalue weighted by atomic mass is 9.68. The Hall–Kier alpha value is -7.74. The summed E-state index contributed by atoms with van der Waals surface area (Å²) in [6.45, 7) is 6.95. The molecule has 0 aromatic heterocycles. The summed E-state index contributed by atoms with van der Waals surface area (Å²) in [7, 11) is 0. The summed E-state index contributed by atoms with van der Waals surface area (Å²) in [4.78, 5) is 2.60. The van der Waals surface area contributed by atoms with Crippen LogP contribution >= 0.6 is 0 Å². The van der Waals surface area contributed by atoms with E-state index >= 15 is 0 Å². The van der Waals surface area contributed by atoms with Crippen molar-refractivity contribution in [2.24, 2.45) is 0 Å². The first-order valence-electron chi connectivity index (χ1n) is 22.4. The number of fused-ring (bicyclic) bond motifs is 4. The van der Waals surface area contributed by atoms with Gasteiger partial charge >= 0.3 is 0 Å². The average Bonchev–Trinajstić information content (AvgIpc) is 3.66. The molecule has 0 unspecified atom stereocenters. The van der Waals surface area contributed by atoms with Crippen LogP contribution in [0.3, 0.4) is 0 Å². The van der Waals surface area contributed by atoms with Crippen molar-refractivity contribution < 1.29 is 0 Å². The van der Waals surface area contributed by atoms with Gasteiger partial charge in [-0.05, 0) is 90.0 Å². The third kappa shape index (κ3) is 6.39. The smallest absolute Gasteiger partial charge is 0.0714 e. The van der Waals surface area contributed by atoms with Crippen LogP contribution in [0.25, 0.3) is 55.3 Å². The molecule has 0 radical (unpaired) electrons. The zero-order valence-corrected chi connectivity index (χ0v) is 36.5. The number of nitrogens with zero attached hydrogens (tertiary/aromatic N) is 1. The SMILES string of the molecule is CC(C)(C)c1ccc(-c2ccccc2)c(N(c2ccccc2-c2cccc3cccc(-c4ccccc4)c23)c2cccc3c2-c2ccccc2C3(c2ccccc2)c2ccccc2)c1. The molecule has 0 N–H and O–H groups in total. The van der Waals surface area contributed by atoms with E-state index in [4.69, 9.17) is 0 Å². The monoisotopic (exact) mass is 819 g/mol. The highest BCUT2D eigenvalue weighted by molar-refractivity contribution is 6.10. The Kier molecular flexibility index (Phi) is 9.70. The molecule has 0 atom stereocenters. The van der Waals surface area contributed by atoms with Gasteiger partial charge in [-0.3, -0.25) is 0 Å². The van der Waals surface area contributed by atoms with E-state index in [1.807, 2.05) is 0 Å². The fourth-order valence-electron chi connectivity index (χ4n) is 10.4. The van der Waals surface area contributed by atoms with Gasteiger partial charge in [-0.25, -0.2) is 0 Å². The summed E-state index contributed by atoms with van der Waals surface area (Å²) in [5.41, 5.74) is 18.7. The first kappa shape index (κ1) is 39.1. The van der Waals surface area contributed by atoms with Crippen molar-refractivity contribution in [1.29, 1.82) is 0 Å². The fourth-order valence-corrected chi connectivity index (χ4v) is 10.4. The predicted octanol–water partition coefficient (Wildman–Crippen LogP) is 17.0. The topological polar surface area (TPSA) is 3.24 Å². The van der Waals surface area contributed by atoms with Crippen molar-refractivity contribution in [2.75, 3.05) is 4.90 Å². The van der Waals surface area contributed by atoms with Gasteiger partial charge in [-0.15, -0.1) is 0 Å². The standard InChI is InChI=1S/C63H49N/c1-62(2,3)49-41-42-50(44-23-8-4-9-24-44)59(43-49)64(57-39-19-17-33-52(57)53-36-21-28-46-27-20-35-51(60(46)53)45-25-10-5-11-26-45)58-40-22-38-56-61(58)54-34-16-18-37-55(54)63(56,47-29-12-6-13-30-47)48-31-14-7-15-32-48/h4-43H,1-3H3. The Morgan fingerprint density at radius 3 is 1.47 bits per heavy atom. The van der Waals surface area contributed by atoms with Crippen LogP contribution in [-0.2, 0) is 10.8 Å². The van der Waals surface area contributed by atoms with E-state index in [9.17, 15) is 0 Å². The molecule has 0 aliphatic heterocycles. The lowest BCUT2D eigenvalue weighted by Crippen LogP contribution is -2.28. The Morgan fingerprint density at radius 1 is 0.344 bits per heavy atom. The molecule has 64 heavy (non-hydrogen) atoms. The fraction of sp³-hybridized carbons (Fsp3) is 0.0794. The zero-order valence-electron chi connectivity index (χ0n) is 36.5. The molecule has 1 aliphatic carbocycles. The van der Waals surface area contributed by atoms with Crippen LogP contribution in [0.15, 0.2) is 243 Å². The third-order valence-electron chi connectivity index (χ3n) is 13.3. The second-order valence-electron chi connectivity index (χ2n) is 18.0. The maximum absolute atomic E-state index is 2.60. The Morgan fingerprint density at radius 2 is 0.828 bits per heavy atom. The van der Waals surface area contributed by atoms with Crippen LogP contribution in [-0.4, -0.2) is 0 Å². The number of hydrogen-bond donors (Lipinski definition) is 0. The van der Waals surface area contributed by atoms with Crippen LogP contribution in [0.2, 0.25) is 0 Å². The van der Waals surface area contributed by atoms with Crippen LogP contribution in [0.4, 0.5) is 17.1 Å². The van der Waals surface area contributed by atoms with Gasteiger partial charge in [0.1, 0.15) is 0 Å². The quantitative estimate of drug-likeness (QED) is 0.148. The minimum atomic E-state index is -0.550. The number of hydrogen-bond acceptors (Lipinski definition) is 1. The molecule has 0 heterocycles. The van der Waals surface area contributed by atoms with E-state index in [1.165, 1.54) is 77.5 Å². The van der Waals surface area contributed by atoms with Gasteiger partial charge in [0, 0.05) is 16.7 Å². The van der Waals surface area contributed by atoms with Crippen molar-refractivity contribution in [1.82, 2.24) is 0 Å². The largest absolute Gasteiger partial charge is 0.309 e. The summed E-state index contributed by atoms with van der Waals surface area (Å²) in [6, 6.07) is 89.8. The Balaban J connectivity index is 1.28. The number of benzene rings is 10. The lowest BCUT2D eigenvalue weighted by molar-refractivity contribution is 0.590. The second kappa shape index (κ2) is 15.9. The lowest BCUT2D eigenvalue weighted by Gasteiger charge is -2.35. The first-order chi connectivity index (χ1) is 31.4. The highest BCUT2D eigenvalue weighted by Crippen LogP contribution is 2.60. The van der Waals surface area contributed by atoms with Crippen molar-refractivity contribution >= 4 is 27.8 Å². The van der Waals surface area contributed by atoms with Gasteiger partial charge in [0.2, 0.25) is 0 Å². The number of anilines is 3. The van der Waals surface area contributed by atoms with E-state index < -0.39 is 5.41 Å². The molecular weight excluding hydrogens is 771 g/mol. The molecule has 1 aliphatic rings. The number of rotatable bonds is 8. The summed E-state index contributed by atoms with van der Waals surface area (Å²) in [6.07, 6.45) is 0. The average molecular weight is 820 g/mol. The van der Waals surface area contributed by atoms with Crippen molar-refractivity contribution in [3.05, 3.63) is 270 Å². The summed E-state index contributed by atoms with van der Waals surface area (Å²) < 4.78 is 0. The summed E-state index contributed by atoms with van der Waals surface area (Å²) >= 11 is 0. The van der Waals surface area contributed by atoms with Gasteiger partial charge in [-0.2, -0.15) is 0 Å². The van der Waals surface area contributed by atoms with E-state index in [2.05, 4.69) is 268 Å². The predicted molar refractivity (Wildman–Crippen MR) is 271 cm³/mol. The molecule has 0 bridgehead atoms. The van der Waals surface area contributed by atoms with E-state index in [0.717, 1.165) is 22.6 Å². The molecule has 1 heteroatoms. The van der Waals surface area contributed by atoms with Gasteiger partial charge in [-0.1, -0.05) is 245 Å². The highest BCUT2D eigenvalue weighted by Gasteiger charge is 2.47. The Bertz CT molecular complexity index is 3240.